The van der Waals surface area contributed by atoms with Crippen LogP contribution in [0.15, 0.2) is 53.8 Å². The molecule has 0 radical (unpaired) electrons. The maximum Gasteiger partial charge on any atom is 0.191 e. The van der Waals surface area contributed by atoms with Crippen molar-refractivity contribution in [1.82, 2.24) is 15.6 Å². The third-order valence-corrected chi connectivity index (χ3v) is 4.30. The topological polar surface area (TPSA) is 67.8 Å². The fraction of sp³-hybridized carbons (Fsp3) is 0.429. The van der Waals surface area contributed by atoms with Crippen molar-refractivity contribution < 1.29 is 9.47 Å². The van der Waals surface area contributed by atoms with Crippen LogP contribution in [0, 0.1) is 0 Å². The Hall–Kier alpha value is -2.76. The summed E-state index contributed by atoms with van der Waals surface area (Å²) in [5.41, 5.74) is 0.932. The smallest absolute Gasteiger partial charge is 0.191 e. The highest BCUT2D eigenvalue weighted by Crippen LogP contribution is 2.39. The summed E-state index contributed by atoms with van der Waals surface area (Å²) < 4.78 is 11.8. The molecule has 0 fully saturated rings. The fourth-order valence-corrected chi connectivity index (χ4v) is 3.17. The van der Waals surface area contributed by atoms with Crippen LogP contribution in [0.25, 0.3) is 0 Å². The summed E-state index contributed by atoms with van der Waals surface area (Å²) in [6.45, 7) is 8.14. The fourth-order valence-electron chi connectivity index (χ4n) is 3.17. The Bertz CT molecular complexity index is 762. The van der Waals surface area contributed by atoms with Crippen LogP contribution in [0.1, 0.15) is 38.8 Å². The maximum absolute atomic E-state index is 6.11. The van der Waals surface area contributed by atoms with Crippen LogP contribution in [0.4, 0.5) is 0 Å². The van der Waals surface area contributed by atoms with Crippen molar-refractivity contribution in [2.24, 2.45) is 4.99 Å². The minimum absolute atomic E-state index is 0.141. The Kier molecular flexibility index (Phi) is 6.16. The largest absolute Gasteiger partial charge is 0.490 e. The van der Waals surface area contributed by atoms with E-state index in [0.717, 1.165) is 36.0 Å². The first-order valence-corrected chi connectivity index (χ1v) is 9.43. The van der Waals surface area contributed by atoms with Crippen molar-refractivity contribution in [3.05, 3.63) is 54.4 Å². The van der Waals surface area contributed by atoms with Crippen molar-refractivity contribution in [1.29, 1.82) is 0 Å². The van der Waals surface area contributed by atoms with Crippen molar-refractivity contribution in [3.63, 3.8) is 0 Å². The van der Waals surface area contributed by atoms with Gasteiger partial charge in [-0.3, -0.25) is 4.98 Å². The van der Waals surface area contributed by atoms with E-state index >= 15 is 0 Å². The summed E-state index contributed by atoms with van der Waals surface area (Å²) in [5.74, 6) is 2.47. The van der Waals surface area contributed by atoms with Gasteiger partial charge in [-0.25, -0.2) is 4.99 Å². The number of benzene rings is 1. The van der Waals surface area contributed by atoms with Crippen LogP contribution >= 0.6 is 0 Å². The number of hydrogen-bond acceptors (Lipinski definition) is 4. The van der Waals surface area contributed by atoms with Crippen LogP contribution < -0.4 is 20.1 Å². The quantitative estimate of drug-likeness (QED) is 0.465. The summed E-state index contributed by atoms with van der Waals surface area (Å²) in [6.07, 6.45) is 4.29. The second-order valence-corrected chi connectivity index (χ2v) is 7.10. The molecule has 0 aliphatic carbocycles. The Balaban J connectivity index is 1.65. The van der Waals surface area contributed by atoms with Crippen LogP contribution in [-0.4, -0.2) is 36.2 Å². The van der Waals surface area contributed by atoms with Crippen LogP contribution in [0.5, 0.6) is 11.5 Å². The molecule has 1 aliphatic rings. The number of aromatic nitrogens is 1. The molecule has 2 heterocycles. The van der Waals surface area contributed by atoms with Gasteiger partial charge in [0.1, 0.15) is 23.7 Å². The van der Waals surface area contributed by atoms with Gasteiger partial charge in [0.15, 0.2) is 5.96 Å². The van der Waals surface area contributed by atoms with Gasteiger partial charge in [-0.15, -0.1) is 0 Å². The van der Waals surface area contributed by atoms with Gasteiger partial charge in [0.2, 0.25) is 0 Å². The molecule has 1 aromatic heterocycles. The Morgan fingerprint density at radius 2 is 2.15 bits per heavy atom. The van der Waals surface area contributed by atoms with Crippen molar-refractivity contribution in [2.75, 3.05) is 19.7 Å². The molecule has 0 saturated heterocycles. The van der Waals surface area contributed by atoms with E-state index in [1.165, 1.54) is 0 Å². The SMILES string of the molecule is CCNC(=NCCOc1cccnc1)NC1CC(C)(C)Oc2ccccc21. The third kappa shape index (κ3) is 5.36. The number of ether oxygens (including phenoxy) is 2. The summed E-state index contributed by atoms with van der Waals surface area (Å²) in [6, 6.07) is 12.1. The zero-order chi connectivity index (χ0) is 19.1. The Labute approximate surface area is 161 Å². The number of hydrogen-bond donors (Lipinski definition) is 2. The summed E-state index contributed by atoms with van der Waals surface area (Å²) >= 11 is 0. The maximum atomic E-state index is 6.11. The van der Waals surface area contributed by atoms with Gasteiger partial charge in [0.25, 0.3) is 0 Å². The number of pyridine rings is 1. The van der Waals surface area contributed by atoms with E-state index < -0.39 is 0 Å². The zero-order valence-electron chi connectivity index (χ0n) is 16.2. The van der Waals surface area contributed by atoms with Crippen LogP contribution in [-0.2, 0) is 0 Å². The Morgan fingerprint density at radius 1 is 1.30 bits per heavy atom. The van der Waals surface area contributed by atoms with E-state index in [-0.39, 0.29) is 11.6 Å². The van der Waals surface area contributed by atoms with Gasteiger partial charge in [-0.2, -0.15) is 0 Å². The van der Waals surface area contributed by atoms with E-state index in [1.54, 1.807) is 12.4 Å². The lowest BCUT2D eigenvalue weighted by Gasteiger charge is -2.38. The van der Waals surface area contributed by atoms with E-state index in [2.05, 4.69) is 47.4 Å². The minimum atomic E-state index is -0.229. The molecule has 2 N–H and O–H groups in total. The first-order valence-electron chi connectivity index (χ1n) is 9.43. The number of aliphatic imine (C=N–C) groups is 1. The predicted octanol–water partition coefficient (Wildman–Crippen LogP) is 3.32. The van der Waals surface area contributed by atoms with E-state index in [1.807, 2.05) is 30.3 Å². The number of nitrogens with one attached hydrogen (secondary N) is 2. The average Bonchev–Trinajstić information content (AvgIpc) is 2.65. The van der Waals surface area contributed by atoms with Gasteiger partial charge in [0, 0.05) is 24.7 Å². The standard InChI is InChI=1S/C21H28N4O2/c1-4-23-20(24-12-13-26-16-8-7-11-22-15-16)25-18-14-21(2,3)27-19-10-6-5-9-17(18)19/h5-11,15,18H,4,12-14H2,1-3H3,(H2,23,24,25). The normalized spacial score (nSPS) is 18.2. The highest BCUT2D eigenvalue weighted by atomic mass is 16.5. The average molecular weight is 368 g/mol. The molecule has 1 unspecified atom stereocenters. The molecule has 1 aromatic carbocycles. The lowest BCUT2D eigenvalue weighted by atomic mass is 9.90. The first-order chi connectivity index (χ1) is 13.1. The van der Waals surface area contributed by atoms with Crippen molar-refractivity contribution in [3.8, 4) is 11.5 Å². The molecule has 144 valence electrons. The lowest BCUT2D eigenvalue weighted by molar-refractivity contribution is 0.0694. The highest BCUT2D eigenvalue weighted by molar-refractivity contribution is 5.80. The second kappa shape index (κ2) is 8.75. The molecule has 2 aromatic rings. The Morgan fingerprint density at radius 3 is 2.93 bits per heavy atom. The molecule has 27 heavy (non-hydrogen) atoms. The number of guanidine groups is 1. The number of fused-ring (bicyclic) bond motifs is 1. The molecule has 0 bridgehead atoms. The van der Waals surface area contributed by atoms with Gasteiger partial charge < -0.3 is 20.1 Å². The summed E-state index contributed by atoms with van der Waals surface area (Å²) in [5, 5.41) is 6.88. The molecular weight excluding hydrogens is 340 g/mol. The van der Waals surface area contributed by atoms with Gasteiger partial charge >= 0.3 is 0 Å². The van der Waals surface area contributed by atoms with E-state index in [4.69, 9.17) is 9.47 Å². The van der Waals surface area contributed by atoms with Gasteiger partial charge in [0.05, 0.1) is 18.8 Å². The number of nitrogens with zero attached hydrogens (tertiary/aromatic N) is 2. The third-order valence-electron chi connectivity index (χ3n) is 4.30. The number of rotatable bonds is 6. The zero-order valence-corrected chi connectivity index (χ0v) is 16.2. The predicted molar refractivity (Wildman–Crippen MR) is 107 cm³/mol. The molecule has 0 saturated carbocycles. The van der Waals surface area contributed by atoms with Crippen molar-refractivity contribution in [2.45, 2.75) is 38.8 Å². The van der Waals surface area contributed by atoms with Gasteiger partial charge in [-0.1, -0.05) is 18.2 Å². The van der Waals surface area contributed by atoms with E-state index in [0.29, 0.717) is 13.2 Å². The molecule has 0 spiro atoms. The monoisotopic (exact) mass is 368 g/mol. The molecule has 1 atom stereocenters. The van der Waals surface area contributed by atoms with Gasteiger partial charge in [-0.05, 0) is 39.0 Å². The second-order valence-electron chi connectivity index (χ2n) is 7.10. The highest BCUT2D eigenvalue weighted by Gasteiger charge is 2.33. The molecule has 0 amide bonds. The molecule has 6 heteroatoms. The van der Waals surface area contributed by atoms with E-state index in [9.17, 15) is 0 Å². The lowest BCUT2D eigenvalue weighted by Crippen LogP contribution is -2.45. The van der Waals surface area contributed by atoms with Crippen LogP contribution in [0.2, 0.25) is 0 Å². The molecule has 3 rings (SSSR count). The number of para-hydroxylation sites is 1. The first kappa shape index (κ1) is 19.0. The van der Waals surface area contributed by atoms with Crippen LogP contribution in [0.3, 0.4) is 0 Å². The molecule has 1 aliphatic heterocycles. The molecular formula is C21H28N4O2. The summed E-state index contributed by atoms with van der Waals surface area (Å²) in [7, 11) is 0. The molecule has 6 nitrogen and oxygen atoms in total. The van der Waals surface area contributed by atoms with Crippen molar-refractivity contribution >= 4 is 5.96 Å². The minimum Gasteiger partial charge on any atom is -0.490 e. The summed E-state index contributed by atoms with van der Waals surface area (Å²) in [4.78, 5) is 8.69.